The lowest BCUT2D eigenvalue weighted by Crippen LogP contribution is -2.22. The number of rotatable bonds is 0. The molecule has 2 aliphatic rings. The molecule has 0 aromatic carbocycles. The maximum absolute atomic E-state index is 4.22. The van der Waals surface area contributed by atoms with E-state index in [1.165, 1.54) is 43.8 Å². The van der Waals surface area contributed by atoms with Crippen LogP contribution in [0.5, 0.6) is 0 Å². The predicted molar refractivity (Wildman–Crippen MR) is 59.8 cm³/mol. The van der Waals surface area contributed by atoms with Crippen molar-refractivity contribution in [2.24, 2.45) is 11.0 Å². The van der Waals surface area contributed by atoms with Crippen LogP contribution in [0.15, 0.2) is 16.0 Å². The summed E-state index contributed by atoms with van der Waals surface area (Å²) in [4.78, 5) is 0. The first kappa shape index (κ1) is 9.00. The van der Waals surface area contributed by atoms with Gasteiger partial charge in [-0.05, 0) is 24.8 Å². The van der Waals surface area contributed by atoms with Crippen molar-refractivity contribution in [3.8, 4) is 0 Å². The molecule has 2 rings (SSSR count). The molecule has 0 saturated heterocycles. The van der Waals surface area contributed by atoms with Gasteiger partial charge in [-0.15, -0.1) is 0 Å². The highest BCUT2D eigenvalue weighted by atomic mass is 28.1. The van der Waals surface area contributed by atoms with E-state index in [4.69, 9.17) is 0 Å². The Hall–Kier alpha value is -0.573. The summed E-state index contributed by atoms with van der Waals surface area (Å²) in [6, 6.07) is 0. The number of nitrogens with one attached hydrogen (secondary N) is 1. The third-order valence-electron chi connectivity index (χ3n) is 3.13. The maximum Gasteiger partial charge on any atom is 0.0614 e. The fourth-order valence-corrected chi connectivity index (χ4v) is 3.07. The fraction of sp³-hybridized carbons (Fsp3) is 0.700. The van der Waals surface area contributed by atoms with Gasteiger partial charge in [0.1, 0.15) is 0 Å². The second-order valence-electron chi connectivity index (χ2n) is 4.10. The van der Waals surface area contributed by atoms with Crippen LogP contribution in [0.1, 0.15) is 38.5 Å². The van der Waals surface area contributed by atoms with Crippen LogP contribution in [-0.2, 0) is 0 Å². The van der Waals surface area contributed by atoms with E-state index in [1.54, 1.807) is 5.57 Å². The minimum Gasteiger partial charge on any atom is -0.288 e. The highest BCUT2D eigenvalue weighted by Crippen LogP contribution is 2.28. The zero-order chi connectivity index (χ0) is 9.10. The molecule has 1 aliphatic heterocycles. The van der Waals surface area contributed by atoms with Gasteiger partial charge in [-0.25, -0.2) is 0 Å². The lowest BCUT2D eigenvalue weighted by molar-refractivity contribution is 0.521. The number of fused-ring (bicyclic) bond motifs is 1. The molecule has 2 nitrogen and oxygen atoms in total. The Bertz CT molecular complexity index is 245. The summed E-state index contributed by atoms with van der Waals surface area (Å²) in [5, 5.41) is 5.66. The Labute approximate surface area is 82.9 Å². The van der Waals surface area contributed by atoms with Crippen LogP contribution in [0.3, 0.4) is 0 Å². The summed E-state index contributed by atoms with van der Waals surface area (Å²) < 4.78 is 0. The van der Waals surface area contributed by atoms with Gasteiger partial charge in [0.05, 0.1) is 10.2 Å². The zero-order valence-corrected chi connectivity index (χ0v) is 10.3. The fourth-order valence-electron chi connectivity index (χ4n) is 2.32. The van der Waals surface area contributed by atoms with E-state index in [1.807, 2.05) is 0 Å². The molecule has 1 fully saturated rings. The average Bonchev–Trinajstić information content (AvgIpc) is 2.07. The lowest BCUT2D eigenvalue weighted by Gasteiger charge is -2.25. The SMILES string of the molecule is [SiH3]C1=C2CCCCCCC2C=NN1. The van der Waals surface area contributed by atoms with Crippen molar-refractivity contribution in [1.29, 1.82) is 0 Å². The molecule has 3 heteroatoms. The minimum absolute atomic E-state index is 0.675. The molecule has 1 N–H and O–H groups in total. The molecule has 1 atom stereocenters. The van der Waals surface area contributed by atoms with Crippen LogP contribution in [0.4, 0.5) is 0 Å². The van der Waals surface area contributed by atoms with E-state index in [2.05, 4.69) is 16.7 Å². The van der Waals surface area contributed by atoms with Crippen LogP contribution >= 0.6 is 0 Å². The average molecular weight is 194 g/mol. The van der Waals surface area contributed by atoms with Crippen molar-refractivity contribution in [1.82, 2.24) is 5.43 Å². The molecule has 13 heavy (non-hydrogen) atoms. The zero-order valence-electron chi connectivity index (χ0n) is 8.34. The maximum atomic E-state index is 4.22. The van der Waals surface area contributed by atoms with E-state index in [0.717, 1.165) is 10.2 Å². The van der Waals surface area contributed by atoms with Crippen molar-refractivity contribution in [3.05, 3.63) is 10.9 Å². The number of hydrogen-bond acceptors (Lipinski definition) is 2. The van der Waals surface area contributed by atoms with Gasteiger partial charge < -0.3 is 0 Å². The number of hydrazone groups is 1. The summed E-state index contributed by atoms with van der Waals surface area (Å²) >= 11 is 0. The van der Waals surface area contributed by atoms with Crippen LogP contribution in [0.25, 0.3) is 0 Å². The van der Waals surface area contributed by atoms with Gasteiger partial charge in [-0.2, -0.15) is 5.10 Å². The third kappa shape index (κ3) is 2.02. The van der Waals surface area contributed by atoms with E-state index < -0.39 is 0 Å². The van der Waals surface area contributed by atoms with Gasteiger partial charge in [0.25, 0.3) is 0 Å². The molecule has 1 heterocycles. The van der Waals surface area contributed by atoms with Gasteiger partial charge in [-0.1, -0.05) is 19.3 Å². The quantitative estimate of drug-likeness (QED) is 0.574. The second kappa shape index (κ2) is 4.09. The predicted octanol–water partition coefficient (Wildman–Crippen LogP) is 1.12. The van der Waals surface area contributed by atoms with E-state index >= 15 is 0 Å². The molecule has 0 spiro atoms. The summed E-state index contributed by atoms with van der Waals surface area (Å²) in [7, 11) is 1.12. The molecule has 72 valence electrons. The Morgan fingerprint density at radius 2 is 2.15 bits per heavy atom. The summed E-state index contributed by atoms with van der Waals surface area (Å²) in [5.74, 6) is 0.675. The van der Waals surface area contributed by atoms with E-state index in [9.17, 15) is 0 Å². The van der Waals surface area contributed by atoms with Crippen molar-refractivity contribution >= 4 is 16.5 Å². The van der Waals surface area contributed by atoms with Gasteiger partial charge in [-0.3, -0.25) is 5.43 Å². The summed E-state index contributed by atoms with van der Waals surface area (Å²) in [6.07, 6.45) is 10.3. The molecule has 1 unspecified atom stereocenters. The minimum atomic E-state index is 0.675. The van der Waals surface area contributed by atoms with Gasteiger partial charge in [0.2, 0.25) is 0 Å². The molecule has 1 aliphatic carbocycles. The first-order valence-corrected chi connectivity index (χ1v) is 6.37. The van der Waals surface area contributed by atoms with Gasteiger partial charge >= 0.3 is 0 Å². The van der Waals surface area contributed by atoms with Crippen molar-refractivity contribution in [2.75, 3.05) is 0 Å². The lowest BCUT2D eigenvalue weighted by atomic mass is 9.87. The van der Waals surface area contributed by atoms with E-state index in [-0.39, 0.29) is 0 Å². The summed E-state index contributed by atoms with van der Waals surface area (Å²) in [6.45, 7) is 0. The molecule has 0 aromatic rings. The van der Waals surface area contributed by atoms with E-state index in [0.29, 0.717) is 5.92 Å². The summed E-state index contributed by atoms with van der Waals surface area (Å²) in [5.41, 5.74) is 4.81. The molecule has 0 aromatic heterocycles. The third-order valence-corrected chi connectivity index (χ3v) is 3.99. The molecular weight excluding hydrogens is 176 g/mol. The van der Waals surface area contributed by atoms with Crippen LogP contribution in [-0.4, -0.2) is 16.5 Å². The second-order valence-corrected chi connectivity index (χ2v) is 5.10. The highest BCUT2D eigenvalue weighted by molar-refractivity contribution is 6.22. The molecule has 0 amide bonds. The van der Waals surface area contributed by atoms with Crippen molar-refractivity contribution in [2.45, 2.75) is 38.5 Å². The number of nitrogens with zero attached hydrogens (tertiary/aromatic N) is 1. The van der Waals surface area contributed by atoms with Crippen LogP contribution in [0, 0.1) is 5.92 Å². The Morgan fingerprint density at radius 1 is 1.31 bits per heavy atom. The Balaban J connectivity index is 2.13. The van der Waals surface area contributed by atoms with Crippen molar-refractivity contribution in [3.63, 3.8) is 0 Å². The van der Waals surface area contributed by atoms with Gasteiger partial charge in [0.15, 0.2) is 0 Å². The largest absolute Gasteiger partial charge is 0.288 e. The molecule has 0 radical (unpaired) electrons. The monoisotopic (exact) mass is 194 g/mol. The first-order chi connectivity index (χ1) is 6.38. The van der Waals surface area contributed by atoms with Crippen molar-refractivity contribution < 1.29 is 0 Å². The standard InChI is InChI=1S/C10H18N2Si/c13-10-9-6-4-2-1-3-5-8(9)7-11-12-10/h7-8,12H,1-6H2,13H3. The Morgan fingerprint density at radius 3 is 3.08 bits per heavy atom. The number of allylic oxidation sites excluding steroid dienone is 1. The molecule has 1 saturated carbocycles. The Kier molecular flexibility index (Phi) is 2.83. The molecular formula is C10H18N2Si. The number of hydrogen-bond donors (Lipinski definition) is 1. The highest BCUT2D eigenvalue weighted by Gasteiger charge is 2.18. The normalized spacial score (nSPS) is 29.1. The first-order valence-electron chi connectivity index (χ1n) is 5.37. The topological polar surface area (TPSA) is 24.4 Å². The molecule has 0 bridgehead atoms. The van der Waals surface area contributed by atoms with Gasteiger partial charge in [0, 0.05) is 17.5 Å². The van der Waals surface area contributed by atoms with Crippen LogP contribution < -0.4 is 5.43 Å². The van der Waals surface area contributed by atoms with Crippen LogP contribution in [0.2, 0.25) is 0 Å². The smallest absolute Gasteiger partial charge is 0.0614 e.